The van der Waals surface area contributed by atoms with Gasteiger partial charge in [-0.05, 0) is 57.8 Å². The summed E-state index contributed by atoms with van der Waals surface area (Å²) in [5.74, 6) is 0.772. The highest BCUT2D eigenvalue weighted by Crippen LogP contribution is 2.34. The van der Waals surface area contributed by atoms with Crippen molar-refractivity contribution in [2.45, 2.75) is 45.1 Å². The fourth-order valence-corrected chi connectivity index (χ4v) is 3.64. The summed E-state index contributed by atoms with van der Waals surface area (Å²) in [4.78, 5) is 26.6. The Balaban J connectivity index is 1.73. The summed E-state index contributed by atoms with van der Waals surface area (Å²) >= 11 is 0. The Hall–Kier alpha value is -1.68. The van der Waals surface area contributed by atoms with Crippen molar-refractivity contribution < 1.29 is 14.3 Å². The molecular formula is C19H25NO3. The van der Waals surface area contributed by atoms with Crippen LogP contribution in [0.1, 0.15) is 49.4 Å². The second-order valence-electron chi connectivity index (χ2n) is 6.70. The largest absolute Gasteiger partial charge is 0.489 e. The zero-order valence-electron chi connectivity index (χ0n) is 13.8. The van der Waals surface area contributed by atoms with Crippen LogP contribution in [0.4, 0.5) is 0 Å². The number of hydrogen-bond acceptors (Lipinski definition) is 4. The van der Waals surface area contributed by atoms with Gasteiger partial charge in [0, 0.05) is 13.0 Å². The van der Waals surface area contributed by atoms with Gasteiger partial charge in [-0.3, -0.25) is 4.79 Å². The van der Waals surface area contributed by atoms with E-state index < -0.39 is 0 Å². The molecule has 1 aromatic rings. The lowest BCUT2D eigenvalue weighted by Gasteiger charge is -2.33. The van der Waals surface area contributed by atoms with Crippen molar-refractivity contribution in [3.63, 3.8) is 0 Å². The second-order valence-corrected chi connectivity index (χ2v) is 6.70. The number of ketones is 2. The van der Waals surface area contributed by atoms with Crippen LogP contribution < -0.4 is 4.74 Å². The fourth-order valence-electron chi connectivity index (χ4n) is 3.64. The van der Waals surface area contributed by atoms with Crippen LogP contribution in [0.2, 0.25) is 0 Å². The molecule has 4 heteroatoms. The van der Waals surface area contributed by atoms with Gasteiger partial charge < -0.3 is 14.4 Å². The molecule has 0 spiro atoms. The minimum atomic E-state index is -0.198. The van der Waals surface area contributed by atoms with Crippen LogP contribution in [0.15, 0.2) is 24.3 Å². The van der Waals surface area contributed by atoms with Crippen molar-refractivity contribution in [2.75, 3.05) is 19.6 Å². The van der Waals surface area contributed by atoms with Gasteiger partial charge in [0.05, 0.1) is 11.5 Å². The third kappa shape index (κ3) is 3.81. The van der Waals surface area contributed by atoms with Gasteiger partial charge >= 0.3 is 0 Å². The van der Waals surface area contributed by atoms with Gasteiger partial charge in [-0.1, -0.05) is 12.1 Å². The van der Waals surface area contributed by atoms with Crippen molar-refractivity contribution in [2.24, 2.45) is 5.92 Å². The maximum absolute atomic E-state index is 12.8. The van der Waals surface area contributed by atoms with Gasteiger partial charge in [0.15, 0.2) is 5.78 Å². The third-order valence-corrected chi connectivity index (χ3v) is 4.95. The molecule has 1 fully saturated rings. The molecule has 3 rings (SSSR count). The molecule has 2 unspecified atom stereocenters. The summed E-state index contributed by atoms with van der Waals surface area (Å²) in [5, 5.41) is 0. The number of Topliss-reactive ketones (excluding diaryl/α,β-unsaturated/α-hetero) is 2. The van der Waals surface area contributed by atoms with Crippen molar-refractivity contribution in [3.8, 4) is 5.75 Å². The van der Waals surface area contributed by atoms with Crippen LogP contribution in [0.5, 0.6) is 5.75 Å². The average molecular weight is 315 g/mol. The molecule has 2 aliphatic heterocycles. The van der Waals surface area contributed by atoms with Crippen molar-refractivity contribution in [1.82, 2.24) is 4.90 Å². The smallest absolute Gasteiger partial charge is 0.173 e. The number of para-hydroxylation sites is 1. The lowest BCUT2D eigenvalue weighted by Crippen LogP contribution is -2.40. The van der Waals surface area contributed by atoms with Crippen LogP contribution in [0, 0.1) is 5.92 Å². The Morgan fingerprint density at radius 2 is 1.96 bits per heavy atom. The number of hydrogen-bond donors (Lipinski definition) is 0. The minimum Gasteiger partial charge on any atom is -0.489 e. The number of fused-ring (bicyclic) bond motifs is 1. The maximum atomic E-state index is 12.8. The van der Waals surface area contributed by atoms with Crippen molar-refractivity contribution >= 4 is 11.6 Å². The first-order valence-corrected chi connectivity index (χ1v) is 8.67. The highest BCUT2D eigenvalue weighted by molar-refractivity contribution is 6.01. The van der Waals surface area contributed by atoms with E-state index in [1.165, 1.54) is 12.8 Å². The standard InChI is InChI=1S/C19H25NO3/c1-14(21)8-9-16-18(10-13-20-11-4-5-12-20)23-17-7-3-2-6-15(17)19(16)22/h2-3,6-7,16,18H,4-5,8-13H2,1H3. The highest BCUT2D eigenvalue weighted by Gasteiger charge is 2.36. The summed E-state index contributed by atoms with van der Waals surface area (Å²) < 4.78 is 6.15. The maximum Gasteiger partial charge on any atom is 0.173 e. The van der Waals surface area contributed by atoms with E-state index >= 15 is 0 Å². The van der Waals surface area contributed by atoms with E-state index in [4.69, 9.17) is 4.74 Å². The monoisotopic (exact) mass is 315 g/mol. The van der Waals surface area contributed by atoms with Gasteiger partial charge in [-0.2, -0.15) is 0 Å². The Morgan fingerprint density at radius 1 is 1.22 bits per heavy atom. The Morgan fingerprint density at radius 3 is 2.70 bits per heavy atom. The van der Waals surface area contributed by atoms with E-state index in [0.29, 0.717) is 24.2 Å². The molecule has 0 aromatic heterocycles. The number of ether oxygens (including phenoxy) is 1. The Labute approximate surface area is 137 Å². The van der Waals surface area contributed by atoms with E-state index in [2.05, 4.69) is 4.90 Å². The molecule has 1 aromatic carbocycles. The molecule has 4 nitrogen and oxygen atoms in total. The zero-order valence-corrected chi connectivity index (χ0v) is 13.8. The van der Waals surface area contributed by atoms with E-state index in [0.717, 1.165) is 26.1 Å². The molecule has 2 aliphatic rings. The number of likely N-dealkylation sites (tertiary alicyclic amines) is 1. The van der Waals surface area contributed by atoms with E-state index in [1.54, 1.807) is 6.92 Å². The van der Waals surface area contributed by atoms with Crippen LogP contribution in [0.25, 0.3) is 0 Å². The highest BCUT2D eigenvalue weighted by atomic mass is 16.5. The molecule has 0 aliphatic carbocycles. The average Bonchev–Trinajstić information content (AvgIpc) is 3.05. The summed E-state index contributed by atoms with van der Waals surface area (Å²) in [6.45, 7) is 4.85. The molecule has 0 N–H and O–H groups in total. The number of benzene rings is 1. The third-order valence-electron chi connectivity index (χ3n) is 4.95. The van der Waals surface area contributed by atoms with Gasteiger partial charge in [-0.15, -0.1) is 0 Å². The molecule has 0 amide bonds. The van der Waals surface area contributed by atoms with Crippen LogP contribution in [-0.2, 0) is 4.79 Å². The topological polar surface area (TPSA) is 46.6 Å². The van der Waals surface area contributed by atoms with Crippen molar-refractivity contribution in [1.29, 1.82) is 0 Å². The Bertz CT molecular complexity index is 578. The van der Waals surface area contributed by atoms with Gasteiger partial charge in [0.2, 0.25) is 0 Å². The lowest BCUT2D eigenvalue weighted by molar-refractivity contribution is -0.117. The van der Waals surface area contributed by atoms with E-state index in [9.17, 15) is 9.59 Å². The number of nitrogens with zero attached hydrogens (tertiary/aromatic N) is 1. The number of rotatable bonds is 6. The Kier molecular flexibility index (Phi) is 5.11. The van der Waals surface area contributed by atoms with E-state index in [-0.39, 0.29) is 23.6 Å². The van der Waals surface area contributed by atoms with Gasteiger partial charge in [-0.25, -0.2) is 0 Å². The van der Waals surface area contributed by atoms with Crippen LogP contribution in [0.3, 0.4) is 0 Å². The minimum absolute atomic E-state index is 0.114. The summed E-state index contributed by atoms with van der Waals surface area (Å²) in [6, 6.07) is 7.47. The molecule has 1 saturated heterocycles. The molecule has 0 radical (unpaired) electrons. The van der Waals surface area contributed by atoms with Gasteiger partial charge in [0.1, 0.15) is 17.6 Å². The number of carbonyl (C=O) groups excluding carboxylic acids is 2. The zero-order chi connectivity index (χ0) is 16.2. The van der Waals surface area contributed by atoms with Gasteiger partial charge in [0.25, 0.3) is 0 Å². The SMILES string of the molecule is CC(=O)CCC1C(=O)c2ccccc2OC1CCN1CCCC1. The van der Waals surface area contributed by atoms with Crippen LogP contribution in [-0.4, -0.2) is 42.2 Å². The molecule has 2 atom stereocenters. The normalized spacial score (nSPS) is 24.3. The molecule has 0 saturated carbocycles. The van der Waals surface area contributed by atoms with Crippen molar-refractivity contribution in [3.05, 3.63) is 29.8 Å². The van der Waals surface area contributed by atoms with Crippen LogP contribution >= 0.6 is 0 Å². The predicted octanol–water partition coefficient (Wildman–Crippen LogP) is 3.10. The fraction of sp³-hybridized carbons (Fsp3) is 0.579. The first-order chi connectivity index (χ1) is 11.1. The summed E-state index contributed by atoms with van der Waals surface area (Å²) in [7, 11) is 0. The summed E-state index contributed by atoms with van der Waals surface area (Å²) in [5.41, 5.74) is 0.665. The van der Waals surface area contributed by atoms with E-state index in [1.807, 2.05) is 24.3 Å². The molecule has 0 bridgehead atoms. The number of carbonyl (C=O) groups is 2. The molecule has 23 heavy (non-hydrogen) atoms. The molecular weight excluding hydrogens is 290 g/mol. The summed E-state index contributed by atoms with van der Waals surface area (Å²) in [6.07, 6.45) is 4.30. The second kappa shape index (κ2) is 7.26. The first-order valence-electron chi connectivity index (χ1n) is 8.67. The predicted molar refractivity (Wildman–Crippen MR) is 88.9 cm³/mol. The lowest BCUT2D eigenvalue weighted by atomic mass is 9.84. The first kappa shape index (κ1) is 16.2. The molecule has 124 valence electrons. The quantitative estimate of drug-likeness (QED) is 0.809. The molecule has 2 heterocycles.